The lowest BCUT2D eigenvalue weighted by Crippen LogP contribution is -2.16. The quantitative estimate of drug-likeness (QED) is 0.812. The van der Waals surface area contributed by atoms with Gasteiger partial charge in [-0.05, 0) is 43.2 Å². The first-order valence-electron chi connectivity index (χ1n) is 6.12. The lowest BCUT2D eigenvalue weighted by atomic mass is 10.2. The maximum absolute atomic E-state index is 6.16. The van der Waals surface area contributed by atoms with Gasteiger partial charge in [-0.3, -0.25) is 0 Å². The Morgan fingerprint density at radius 3 is 3.00 bits per heavy atom. The Labute approximate surface area is 112 Å². The number of nitrogen functional groups attached to an aromatic ring is 1. The Morgan fingerprint density at radius 1 is 1.47 bits per heavy atom. The molecule has 0 aromatic heterocycles. The highest BCUT2D eigenvalue weighted by Crippen LogP contribution is 2.33. The summed E-state index contributed by atoms with van der Waals surface area (Å²) in [6, 6.07) is 6.22. The second kappa shape index (κ2) is 5.87. The molecule has 1 aromatic rings. The summed E-state index contributed by atoms with van der Waals surface area (Å²) in [5.41, 5.74) is 7.40. The maximum atomic E-state index is 6.16. The van der Waals surface area contributed by atoms with Gasteiger partial charge in [-0.2, -0.15) is 11.8 Å². The lowest BCUT2D eigenvalue weighted by molar-refractivity contribution is 0.757. The lowest BCUT2D eigenvalue weighted by Gasteiger charge is -2.16. The summed E-state index contributed by atoms with van der Waals surface area (Å²) in [5.74, 6) is 1.21. The summed E-state index contributed by atoms with van der Waals surface area (Å²) in [4.78, 5) is 0. The van der Waals surface area contributed by atoms with Crippen LogP contribution in [0.4, 0.5) is 11.4 Å². The van der Waals surface area contributed by atoms with Gasteiger partial charge < -0.3 is 11.1 Å². The van der Waals surface area contributed by atoms with Gasteiger partial charge in [0.25, 0.3) is 0 Å². The van der Waals surface area contributed by atoms with E-state index in [9.17, 15) is 0 Å². The molecule has 2 atom stereocenters. The van der Waals surface area contributed by atoms with Gasteiger partial charge in [0.2, 0.25) is 0 Å². The summed E-state index contributed by atoms with van der Waals surface area (Å²) in [6.45, 7) is 2.22. The van der Waals surface area contributed by atoms with Crippen molar-refractivity contribution in [2.75, 3.05) is 16.8 Å². The predicted molar refractivity (Wildman–Crippen MR) is 79.0 cm³/mol. The van der Waals surface area contributed by atoms with E-state index in [1.807, 2.05) is 12.1 Å². The molecule has 0 aliphatic heterocycles. The second-order valence-electron chi connectivity index (χ2n) is 4.47. The summed E-state index contributed by atoms with van der Waals surface area (Å²) in [5, 5.41) is 5.05. The molecule has 1 aliphatic rings. The largest absolute Gasteiger partial charge is 0.399 e. The van der Waals surface area contributed by atoms with Crippen LogP contribution in [0.1, 0.15) is 26.2 Å². The van der Waals surface area contributed by atoms with Crippen molar-refractivity contribution < 1.29 is 0 Å². The van der Waals surface area contributed by atoms with Crippen LogP contribution in [0.3, 0.4) is 0 Å². The van der Waals surface area contributed by atoms with Crippen LogP contribution in [0.15, 0.2) is 18.2 Å². The maximum Gasteiger partial charge on any atom is 0.0658 e. The molecule has 1 saturated carbocycles. The molecule has 2 rings (SSSR count). The number of hydrogen-bond acceptors (Lipinski definition) is 3. The number of hydrogen-bond donors (Lipinski definition) is 2. The molecular weight excluding hydrogens is 252 g/mol. The van der Waals surface area contributed by atoms with Crippen LogP contribution < -0.4 is 11.1 Å². The van der Waals surface area contributed by atoms with Gasteiger partial charge in [-0.1, -0.05) is 18.5 Å². The van der Waals surface area contributed by atoms with E-state index in [2.05, 4.69) is 24.0 Å². The third-order valence-corrected chi connectivity index (χ3v) is 4.69. The van der Waals surface area contributed by atoms with Crippen molar-refractivity contribution in [1.82, 2.24) is 0 Å². The molecule has 17 heavy (non-hydrogen) atoms. The average Bonchev–Trinajstić information content (AvgIpc) is 2.71. The third-order valence-electron chi connectivity index (χ3n) is 3.14. The monoisotopic (exact) mass is 270 g/mol. The SMILES string of the molecule is CCSC1CCC(Nc2ccc(N)cc2Cl)C1. The minimum Gasteiger partial charge on any atom is -0.399 e. The molecule has 0 spiro atoms. The van der Waals surface area contributed by atoms with Gasteiger partial charge in [-0.15, -0.1) is 0 Å². The van der Waals surface area contributed by atoms with Crippen LogP contribution in [-0.4, -0.2) is 17.0 Å². The minimum absolute atomic E-state index is 0.556. The van der Waals surface area contributed by atoms with E-state index in [1.54, 1.807) is 6.07 Å². The van der Waals surface area contributed by atoms with Crippen molar-refractivity contribution in [3.63, 3.8) is 0 Å². The van der Waals surface area contributed by atoms with Crippen molar-refractivity contribution in [3.8, 4) is 0 Å². The van der Waals surface area contributed by atoms with Crippen LogP contribution >= 0.6 is 23.4 Å². The molecule has 1 aromatic carbocycles. The van der Waals surface area contributed by atoms with Crippen LogP contribution in [0, 0.1) is 0 Å². The Morgan fingerprint density at radius 2 is 2.29 bits per heavy atom. The summed E-state index contributed by atoms with van der Waals surface area (Å²) in [6.07, 6.45) is 3.78. The molecule has 0 saturated heterocycles. The fraction of sp³-hybridized carbons (Fsp3) is 0.538. The minimum atomic E-state index is 0.556. The predicted octanol–water partition coefficient (Wildman–Crippen LogP) is 4.01. The summed E-state index contributed by atoms with van der Waals surface area (Å²) >= 11 is 8.22. The van der Waals surface area contributed by atoms with Crippen molar-refractivity contribution >= 4 is 34.7 Å². The van der Waals surface area contributed by atoms with E-state index in [0.717, 1.165) is 16.0 Å². The summed E-state index contributed by atoms with van der Waals surface area (Å²) < 4.78 is 0. The van der Waals surface area contributed by atoms with Crippen LogP contribution in [-0.2, 0) is 0 Å². The fourth-order valence-corrected chi connectivity index (χ4v) is 3.71. The van der Waals surface area contributed by atoms with Gasteiger partial charge in [-0.25, -0.2) is 0 Å². The van der Waals surface area contributed by atoms with E-state index < -0.39 is 0 Å². The molecule has 0 bridgehead atoms. The zero-order chi connectivity index (χ0) is 12.3. The van der Waals surface area contributed by atoms with E-state index in [0.29, 0.717) is 11.7 Å². The Hall–Kier alpha value is -0.540. The third kappa shape index (κ3) is 3.46. The van der Waals surface area contributed by atoms with Gasteiger partial charge >= 0.3 is 0 Å². The number of anilines is 2. The van der Waals surface area contributed by atoms with E-state index in [-0.39, 0.29) is 0 Å². The van der Waals surface area contributed by atoms with Crippen LogP contribution in [0.2, 0.25) is 5.02 Å². The van der Waals surface area contributed by atoms with Crippen molar-refractivity contribution in [1.29, 1.82) is 0 Å². The Bertz CT molecular complexity index is 384. The van der Waals surface area contributed by atoms with E-state index in [1.165, 1.54) is 25.0 Å². The molecule has 0 amide bonds. The topological polar surface area (TPSA) is 38.0 Å². The first kappa shape index (κ1) is 12.9. The molecule has 0 radical (unpaired) electrons. The zero-order valence-corrected chi connectivity index (χ0v) is 11.7. The second-order valence-corrected chi connectivity index (χ2v) is 6.46. The smallest absolute Gasteiger partial charge is 0.0658 e. The molecule has 94 valence electrons. The molecule has 1 fully saturated rings. The molecule has 3 N–H and O–H groups in total. The Kier molecular flexibility index (Phi) is 4.46. The average molecular weight is 271 g/mol. The number of benzene rings is 1. The van der Waals surface area contributed by atoms with E-state index >= 15 is 0 Å². The zero-order valence-electron chi connectivity index (χ0n) is 10.1. The number of nitrogens with two attached hydrogens (primary N) is 1. The summed E-state index contributed by atoms with van der Waals surface area (Å²) in [7, 11) is 0. The normalized spacial score (nSPS) is 23.9. The number of rotatable bonds is 4. The Balaban J connectivity index is 1.93. The van der Waals surface area contributed by atoms with Crippen molar-refractivity contribution in [2.24, 2.45) is 0 Å². The van der Waals surface area contributed by atoms with Crippen LogP contribution in [0.5, 0.6) is 0 Å². The highest BCUT2D eigenvalue weighted by atomic mass is 35.5. The number of thioether (sulfide) groups is 1. The van der Waals surface area contributed by atoms with Gasteiger partial charge in [0.05, 0.1) is 10.7 Å². The molecule has 4 heteroatoms. The van der Waals surface area contributed by atoms with Gasteiger partial charge in [0, 0.05) is 17.0 Å². The highest BCUT2D eigenvalue weighted by molar-refractivity contribution is 7.99. The number of halogens is 1. The molecular formula is C13H19ClN2S. The first-order valence-corrected chi connectivity index (χ1v) is 7.55. The van der Waals surface area contributed by atoms with Crippen molar-refractivity contribution in [2.45, 2.75) is 37.5 Å². The standard InChI is InChI=1S/C13H19ClN2S/c1-2-17-11-5-4-10(8-11)16-13-6-3-9(15)7-12(13)14/h3,6-7,10-11,16H,2,4-5,8,15H2,1H3. The van der Waals surface area contributed by atoms with E-state index in [4.69, 9.17) is 17.3 Å². The first-order chi connectivity index (χ1) is 8.19. The molecule has 0 heterocycles. The van der Waals surface area contributed by atoms with Crippen LogP contribution in [0.25, 0.3) is 0 Å². The highest BCUT2D eigenvalue weighted by Gasteiger charge is 2.24. The molecule has 1 aliphatic carbocycles. The fourth-order valence-electron chi connectivity index (χ4n) is 2.33. The van der Waals surface area contributed by atoms with Gasteiger partial charge in [0.1, 0.15) is 0 Å². The number of nitrogens with one attached hydrogen (secondary N) is 1. The molecule has 2 nitrogen and oxygen atoms in total. The molecule has 2 unspecified atom stereocenters. The van der Waals surface area contributed by atoms with Gasteiger partial charge in [0.15, 0.2) is 0 Å². The van der Waals surface area contributed by atoms with Crippen molar-refractivity contribution in [3.05, 3.63) is 23.2 Å².